The first-order valence-corrected chi connectivity index (χ1v) is 5.42. The molecule has 1 fully saturated rings. The molecule has 2 aromatic rings. The van der Waals surface area contributed by atoms with E-state index in [1.807, 2.05) is 17.9 Å². The second-order valence-electron chi connectivity index (χ2n) is 4.48. The van der Waals surface area contributed by atoms with Crippen LogP contribution in [0.25, 0.3) is 10.9 Å². The maximum atomic E-state index is 5.83. The molecule has 0 aliphatic heterocycles. The van der Waals surface area contributed by atoms with Gasteiger partial charge in [-0.1, -0.05) is 12.1 Å². The molecule has 78 valence electrons. The number of nitrogens with zero attached hydrogens (tertiary/aromatic N) is 2. The molecular weight excluding hydrogens is 186 g/mol. The molecule has 3 nitrogen and oxygen atoms in total. The molecule has 0 saturated heterocycles. The van der Waals surface area contributed by atoms with E-state index in [9.17, 15) is 0 Å². The van der Waals surface area contributed by atoms with E-state index in [-0.39, 0.29) is 0 Å². The first-order chi connectivity index (χ1) is 7.25. The van der Waals surface area contributed by atoms with Crippen LogP contribution < -0.4 is 5.73 Å². The Bertz CT molecular complexity index is 495. The van der Waals surface area contributed by atoms with Crippen LogP contribution in [0.3, 0.4) is 0 Å². The van der Waals surface area contributed by atoms with E-state index in [1.54, 1.807) is 0 Å². The molecule has 3 heteroatoms. The average Bonchev–Trinajstić information content (AvgIpc) is 2.56. The van der Waals surface area contributed by atoms with Crippen LogP contribution in [-0.2, 0) is 7.05 Å². The molecule has 0 spiro atoms. The summed E-state index contributed by atoms with van der Waals surface area (Å²) in [6.07, 6.45) is 4.20. The van der Waals surface area contributed by atoms with Crippen molar-refractivity contribution in [2.24, 2.45) is 12.8 Å². The van der Waals surface area contributed by atoms with Gasteiger partial charge < -0.3 is 5.73 Å². The molecule has 0 radical (unpaired) electrons. The fourth-order valence-corrected chi connectivity index (χ4v) is 2.47. The zero-order chi connectivity index (χ0) is 10.4. The number of rotatable bonds is 1. The summed E-state index contributed by atoms with van der Waals surface area (Å²) in [5.41, 5.74) is 8.47. The number of fused-ring (bicyclic) bond motifs is 1. The van der Waals surface area contributed by atoms with Gasteiger partial charge in [0.15, 0.2) is 0 Å². The van der Waals surface area contributed by atoms with Crippen LogP contribution in [0.1, 0.15) is 24.3 Å². The summed E-state index contributed by atoms with van der Waals surface area (Å²) in [7, 11) is 1.98. The Morgan fingerprint density at radius 2 is 2.20 bits per heavy atom. The smallest absolute Gasteiger partial charge is 0.0681 e. The van der Waals surface area contributed by atoms with Gasteiger partial charge in [0, 0.05) is 18.5 Å². The van der Waals surface area contributed by atoms with Crippen molar-refractivity contribution in [2.45, 2.75) is 24.8 Å². The Hall–Kier alpha value is -1.35. The second-order valence-corrected chi connectivity index (χ2v) is 4.48. The lowest BCUT2D eigenvalue weighted by Gasteiger charge is -2.33. The van der Waals surface area contributed by atoms with Crippen molar-refractivity contribution in [2.75, 3.05) is 0 Å². The summed E-state index contributed by atoms with van der Waals surface area (Å²) >= 11 is 0. The standard InChI is InChI=1S/C12H15N3/c1-15-12-4-2-3-10(11(12)7-14-15)8-5-9(13)6-8/h2-4,7-9H,5-6,13H2,1H3. The van der Waals surface area contributed by atoms with Gasteiger partial charge in [-0.3, -0.25) is 4.68 Å². The SMILES string of the molecule is Cn1ncc2c(C3CC(N)C3)cccc21. The summed E-state index contributed by atoms with van der Waals surface area (Å²) in [4.78, 5) is 0. The van der Waals surface area contributed by atoms with Gasteiger partial charge in [0.25, 0.3) is 0 Å². The largest absolute Gasteiger partial charge is 0.328 e. The van der Waals surface area contributed by atoms with Crippen molar-refractivity contribution in [3.05, 3.63) is 30.0 Å². The van der Waals surface area contributed by atoms with Crippen LogP contribution in [0.4, 0.5) is 0 Å². The van der Waals surface area contributed by atoms with Gasteiger partial charge >= 0.3 is 0 Å². The van der Waals surface area contributed by atoms with Gasteiger partial charge in [-0.2, -0.15) is 5.10 Å². The van der Waals surface area contributed by atoms with Crippen LogP contribution in [-0.4, -0.2) is 15.8 Å². The van der Waals surface area contributed by atoms with Crippen LogP contribution in [0.2, 0.25) is 0 Å². The van der Waals surface area contributed by atoms with E-state index in [4.69, 9.17) is 5.73 Å². The number of hydrogen-bond donors (Lipinski definition) is 1. The van der Waals surface area contributed by atoms with E-state index in [1.165, 1.54) is 16.5 Å². The fraction of sp³-hybridized carbons (Fsp3) is 0.417. The van der Waals surface area contributed by atoms with Gasteiger partial charge in [-0.15, -0.1) is 0 Å². The topological polar surface area (TPSA) is 43.8 Å². The Morgan fingerprint density at radius 3 is 2.93 bits per heavy atom. The second kappa shape index (κ2) is 3.07. The number of aryl methyl sites for hydroxylation is 1. The molecular formula is C12H15N3. The maximum absolute atomic E-state index is 5.83. The number of benzene rings is 1. The molecule has 0 atom stereocenters. The summed E-state index contributed by atoms with van der Waals surface area (Å²) in [6.45, 7) is 0. The minimum absolute atomic E-state index is 0.405. The predicted octanol–water partition coefficient (Wildman–Crippen LogP) is 1.78. The van der Waals surface area contributed by atoms with E-state index in [0.717, 1.165) is 12.8 Å². The highest BCUT2D eigenvalue weighted by atomic mass is 15.2. The van der Waals surface area contributed by atoms with Gasteiger partial charge in [0.1, 0.15) is 0 Å². The van der Waals surface area contributed by atoms with Crippen LogP contribution in [0.15, 0.2) is 24.4 Å². The molecule has 1 aromatic heterocycles. The molecule has 0 unspecified atom stereocenters. The summed E-state index contributed by atoms with van der Waals surface area (Å²) in [5.74, 6) is 0.646. The minimum Gasteiger partial charge on any atom is -0.328 e. The predicted molar refractivity (Wildman–Crippen MR) is 60.7 cm³/mol. The first-order valence-electron chi connectivity index (χ1n) is 5.42. The Morgan fingerprint density at radius 1 is 1.40 bits per heavy atom. The van der Waals surface area contributed by atoms with E-state index in [0.29, 0.717) is 12.0 Å². The first kappa shape index (κ1) is 8.92. The third-order valence-electron chi connectivity index (χ3n) is 3.44. The molecule has 1 aliphatic carbocycles. The molecule has 1 saturated carbocycles. The zero-order valence-corrected chi connectivity index (χ0v) is 8.85. The van der Waals surface area contributed by atoms with Crippen LogP contribution >= 0.6 is 0 Å². The van der Waals surface area contributed by atoms with Gasteiger partial charge in [-0.25, -0.2) is 0 Å². The van der Waals surface area contributed by atoms with Crippen LogP contribution in [0.5, 0.6) is 0 Å². The normalized spacial score (nSPS) is 25.5. The Labute approximate surface area is 88.9 Å². The van der Waals surface area contributed by atoms with Gasteiger partial charge in [0.05, 0.1) is 11.7 Å². The van der Waals surface area contributed by atoms with Gasteiger partial charge in [0.2, 0.25) is 0 Å². The highest BCUT2D eigenvalue weighted by Crippen LogP contribution is 2.38. The maximum Gasteiger partial charge on any atom is 0.0681 e. The minimum atomic E-state index is 0.405. The molecule has 15 heavy (non-hydrogen) atoms. The Kier molecular flexibility index (Phi) is 1.83. The van der Waals surface area contributed by atoms with Crippen molar-refractivity contribution < 1.29 is 0 Å². The summed E-state index contributed by atoms with van der Waals surface area (Å²) in [6, 6.07) is 6.84. The van der Waals surface area contributed by atoms with E-state index in [2.05, 4.69) is 23.3 Å². The summed E-state index contributed by atoms with van der Waals surface area (Å²) in [5, 5.41) is 5.59. The zero-order valence-electron chi connectivity index (χ0n) is 8.85. The number of nitrogens with two attached hydrogens (primary N) is 1. The lowest BCUT2D eigenvalue weighted by Crippen LogP contribution is -2.34. The fourth-order valence-electron chi connectivity index (χ4n) is 2.47. The highest BCUT2D eigenvalue weighted by Gasteiger charge is 2.28. The van der Waals surface area contributed by atoms with Gasteiger partial charge in [-0.05, 0) is 30.4 Å². The van der Waals surface area contributed by atoms with Crippen molar-refractivity contribution >= 4 is 10.9 Å². The van der Waals surface area contributed by atoms with Crippen LogP contribution in [0, 0.1) is 0 Å². The average molecular weight is 201 g/mol. The number of hydrogen-bond acceptors (Lipinski definition) is 2. The number of aromatic nitrogens is 2. The lowest BCUT2D eigenvalue weighted by molar-refractivity contribution is 0.353. The molecule has 1 aliphatic rings. The lowest BCUT2D eigenvalue weighted by atomic mass is 9.75. The quantitative estimate of drug-likeness (QED) is 0.764. The van der Waals surface area contributed by atoms with E-state index < -0.39 is 0 Å². The van der Waals surface area contributed by atoms with Crippen molar-refractivity contribution in [3.63, 3.8) is 0 Å². The monoisotopic (exact) mass is 201 g/mol. The Balaban J connectivity index is 2.10. The van der Waals surface area contributed by atoms with Crippen molar-refractivity contribution in [1.29, 1.82) is 0 Å². The van der Waals surface area contributed by atoms with Crippen molar-refractivity contribution in [3.8, 4) is 0 Å². The van der Waals surface area contributed by atoms with Crippen molar-refractivity contribution in [1.82, 2.24) is 9.78 Å². The molecule has 1 aromatic carbocycles. The molecule has 3 rings (SSSR count). The van der Waals surface area contributed by atoms with E-state index >= 15 is 0 Å². The highest BCUT2D eigenvalue weighted by molar-refractivity contribution is 5.82. The molecule has 1 heterocycles. The summed E-state index contributed by atoms with van der Waals surface area (Å²) < 4.78 is 1.93. The third kappa shape index (κ3) is 1.27. The molecule has 0 amide bonds. The molecule has 0 bridgehead atoms. The molecule has 2 N–H and O–H groups in total. The third-order valence-corrected chi connectivity index (χ3v) is 3.44.